The van der Waals surface area contributed by atoms with E-state index < -0.39 is 30.4 Å². The van der Waals surface area contributed by atoms with Gasteiger partial charge in [-0.3, -0.25) is 0 Å². The molecule has 2 aliphatic heterocycles. The van der Waals surface area contributed by atoms with Crippen LogP contribution >= 0.6 is 0 Å². The minimum Gasteiger partial charge on any atom is -0.499 e. The van der Waals surface area contributed by atoms with Crippen LogP contribution in [-0.2, 0) is 30.3 Å². The summed E-state index contributed by atoms with van der Waals surface area (Å²) < 4.78 is 29.0. The van der Waals surface area contributed by atoms with Crippen LogP contribution in [0, 0.1) is 0 Å². The lowest BCUT2D eigenvalue weighted by Crippen LogP contribution is -2.44. The second-order valence-electron chi connectivity index (χ2n) is 6.70. The van der Waals surface area contributed by atoms with Crippen LogP contribution in [-0.4, -0.2) is 48.2 Å². The fraction of sp³-hybridized carbons (Fsp3) is 0.579. The Hall–Kier alpha value is -1.44. The third kappa shape index (κ3) is 4.40. The van der Waals surface area contributed by atoms with E-state index in [0.717, 1.165) is 5.56 Å². The van der Waals surface area contributed by atoms with E-state index >= 15 is 0 Å². The Kier molecular flexibility index (Phi) is 5.76. The first-order valence-corrected chi connectivity index (χ1v) is 8.57. The smallest absolute Gasteiger partial charge is 0.190 e. The highest BCUT2D eigenvalue weighted by molar-refractivity contribution is 5.13. The van der Waals surface area contributed by atoms with Crippen LogP contribution in [0.1, 0.15) is 26.3 Å². The molecule has 2 fully saturated rings. The molecule has 1 aromatic carbocycles. The van der Waals surface area contributed by atoms with E-state index in [9.17, 15) is 5.11 Å². The van der Waals surface area contributed by atoms with E-state index in [1.165, 1.54) is 6.26 Å². The largest absolute Gasteiger partial charge is 0.499 e. The number of aliphatic hydroxyl groups is 1. The Morgan fingerprint density at radius 3 is 2.72 bits per heavy atom. The highest BCUT2D eigenvalue weighted by atomic mass is 16.8. The Balaban J connectivity index is 1.68. The van der Waals surface area contributed by atoms with Crippen molar-refractivity contribution in [3.8, 4) is 0 Å². The third-order valence-electron chi connectivity index (χ3n) is 4.19. The monoisotopic (exact) mass is 350 g/mol. The predicted octanol–water partition coefficient (Wildman–Crippen LogP) is 2.36. The maximum absolute atomic E-state index is 10.5. The van der Waals surface area contributed by atoms with Gasteiger partial charge in [-0.05, 0) is 26.3 Å². The summed E-state index contributed by atoms with van der Waals surface area (Å²) in [5, 5.41) is 10.5. The van der Waals surface area contributed by atoms with Gasteiger partial charge in [0.25, 0.3) is 0 Å². The molecule has 2 saturated heterocycles. The maximum atomic E-state index is 10.5. The van der Waals surface area contributed by atoms with Gasteiger partial charge in [-0.2, -0.15) is 0 Å². The third-order valence-corrected chi connectivity index (χ3v) is 4.19. The highest BCUT2D eigenvalue weighted by Gasteiger charge is 2.57. The molecule has 1 N–H and O–H groups in total. The average molecular weight is 350 g/mol. The number of hydrogen-bond acceptors (Lipinski definition) is 6. The van der Waals surface area contributed by atoms with Gasteiger partial charge in [0, 0.05) is 0 Å². The summed E-state index contributed by atoms with van der Waals surface area (Å²) in [6.07, 6.45) is 0.468. The van der Waals surface area contributed by atoms with E-state index in [-0.39, 0.29) is 12.7 Å². The minimum atomic E-state index is -0.849. The summed E-state index contributed by atoms with van der Waals surface area (Å²) in [6.45, 7) is 6.04. The van der Waals surface area contributed by atoms with Crippen molar-refractivity contribution in [3.63, 3.8) is 0 Å². The van der Waals surface area contributed by atoms with Crippen molar-refractivity contribution in [2.75, 3.05) is 6.61 Å². The number of rotatable bonds is 7. The number of hydrogen-bond donors (Lipinski definition) is 1. The van der Waals surface area contributed by atoms with Crippen LogP contribution in [0.3, 0.4) is 0 Å². The van der Waals surface area contributed by atoms with Crippen molar-refractivity contribution in [1.82, 2.24) is 0 Å². The van der Waals surface area contributed by atoms with Crippen LogP contribution in [0.4, 0.5) is 0 Å². The lowest BCUT2D eigenvalue weighted by Gasteiger charge is -2.28. The SMILES string of the molecule is C/C=C/OC[C@@H](O)[C@H]1O[C@@H]2OC(C)(C)O[C@@H]2[C@@H]1OCc1ccccc1. The Labute approximate surface area is 148 Å². The molecule has 0 amide bonds. The van der Waals surface area contributed by atoms with Crippen molar-refractivity contribution < 1.29 is 28.8 Å². The fourth-order valence-electron chi connectivity index (χ4n) is 3.12. The molecular weight excluding hydrogens is 324 g/mol. The summed E-state index contributed by atoms with van der Waals surface area (Å²) in [4.78, 5) is 0. The zero-order valence-corrected chi connectivity index (χ0v) is 14.8. The Bertz CT molecular complexity index is 573. The van der Waals surface area contributed by atoms with Crippen LogP contribution in [0.15, 0.2) is 42.7 Å². The standard InChI is InChI=1S/C19H26O6/c1-4-10-21-12-14(20)15-16(22-11-13-8-6-5-7-9-13)17-18(23-15)25-19(2,3)24-17/h4-10,14-18,20H,11-12H2,1-3H3/b10-4+/t14-,15-,16-,17-,18-/m1/s1. The first-order chi connectivity index (χ1) is 12.0. The van der Waals surface area contributed by atoms with Gasteiger partial charge >= 0.3 is 0 Å². The normalized spacial score (nSPS) is 32.0. The number of allylic oxidation sites excluding steroid dienone is 1. The molecule has 0 aliphatic carbocycles. The van der Waals surface area contributed by atoms with E-state index in [1.54, 1.807) is 6.08 Å². The summed E-state index contributed by atoms with van der Waals surface area (Å²) >= 11 is 0. The number of fused-ring (bicyclic) bond motifs is 1. The van der Waals surface area contributed by atoms with Crippen LogP contribution < -0.4 is 0 Å². The molecule has 0 unspecified atom stereocenters. The predicted molar refractivity (Wildman–Crippen MR) is 90.5 cm³/mol. The quantitative estimate of drug-likeness (QED) is 0.762. The van der Waals surface area contributed by atoms with Crippen LogP contribution in [0.2, 0.25) is 0 Å². The van der Waals surface area contributed by atoms with Gasteiger partial charge in [0.15, 0.2) is 12.1 Å². The van der Waals surface area contributed by atoms with Gasteiger partial charge in [-0.15, -0.1) is 0 Å². The second kappa shape index (κ2) is 7.85. The molecule has 5 atom stereocenters. The summed E-state index contributed by atoms with van der Waals surface area (Å²) in [6, 6.07) is 9.86. The summed E-state index contributed by atoms with van der Waals surface area (Å²) in [5.74, 6) is -0.735. The average Bonchev–Trinajstić information content (AvgIpc) is 3.06. The van der Waals surface area contributed by atoms with Gasteiger partial charge in [-0.1, -0.05) is 36.4 Å². The topological polar surface area (TPSA) is 66.4 Å². The van der Waals surface area contributed by atoms with Crippen LogP contribution in [0.5, 0.6) is 0 Å². The molecule has 6 heteroatoms. The zero-order chi connectivity index (χ0) is 17.9. The molecule has 6 nitrogen and oxygen atoms in total. The maximum Gasteiger partial charge on any atom is 0.190 e. The Morgan fingerprint density at radius 2 is 2.00 bits per heavy atom. The molecule has 25 heavy (non-hydrogen) atoms. The zero-order valence-electron chi connectivity index (χ0n) is 14.8. The molecule has 0 radical (unpaired) electrons. The van der Waals surface area contributed by atoms with Crippen molar-refractivity contribution in [3.05, 3.63) is 48.2 Å². The molecule has 1 aromatic rings. The van der Waals surface area contributed by atoms with E-state index in [4.69, 9.17) is 23.7 Å². The molecule has 0 saturated carbocycles. The number of ether oxygens (including phenoxy) is 5. The first kappa shape index (κ1) is 18.4. The molecule has 0 aromatic heterocycles. The van der Waals surface area contributed by atoms with Crippen molar-refractivity contribution in [2.24, 2.45) is 0 Å². The lowest BCUT2D eigenvalue weighted by atomic mass is 10.1. The van der Waals surface area contributed by atoms with Gasteiger partial charge in [0.2, 0.25) is 0 Å². The summed E-state index contributed by atoms with van der Waals surface area (Å²) in [5.41, 5.74) is 1.04. The van der Waals surface area contributed by atoms with Gasteiger partial charge < -0.3 is 28.8 Å². The molecular formula is C19H26O6. The first-order valence-electron chi connectivity index (χ1n) is 8.57. The van der Waals surface area contributed by atoms with Gasteiger partial charge in [0.1, 0.15) is 31.0 Å². The Morgan fingerprint density at radius 1 is 1.24 bits per heavy atom. The molecule has 0 bridgehead atoms. The fourth-order valence-corrected chi connectivity index (χ4v) is 3.12. The van der Waals surface area contributed by atoms with E-state index in [0.29, 0.717) is 6.61 Å². The van der Waals surface area contributed by atoms with Gasteiger partial charge in [0.05, 0.1) is 12.9 Å². The van der Waals surface area contributed by atoms with Gasteiger partial charge in [-0.25, -0.2) is 0 Å². The summed E-state index contributed by atoms with van der Waals surface area (Å²) in [7, 11) is 0. The second-order valence-corrected chi connectivity index (χ2v) is 6.70. The van der Waals surface area contributed by atoms with Crippen molar-refractivity contribution >= 4 is 0 Å². The minimum absolute atomic E-state index is 0.114. The highest BCUT2D eigenvalue weighted by Crippen LogP contribution is 2.40. The molecule has 2 heterocycles. The molecule has 0 spiro atoms. The number of benzene rings is 1. The number of aliphatic hydroxyl groups excluding tert-OH is 1. The molecule has 3 rings (SSSR count). The van der Waals surface area contributed by atoms with Crippen LogP contribution in [0.25, 0.3) is 0 Å². The van der Waals surface area contributed by atoms with Crippen molar-refractivity contribution in [2.45, 2.75) is 63.9 Å². The van der Waals surface area contributed by atoms with Crippen molar-refractivity contribution in [1.29, 1.82) is 0 Å². The van der Waals surface area contributed by atoms with E-state index in [1.807, 2.05) is 51.1 Å². The molecule has 138 valence electrons. The van der Waals surface area contributed by atoms with E-state index in [2.05, 4.69) is 0 Å². The lowest BCUT2D eigenvalue weighted by molar-refractivity contribution is -0.232. The molecule has 2 aliphatic rings.